The Bertz CT molecular complexity index is 1340. The second-order valence-electron chi connectivity index (χ2n) is 7.36. The van der Waals surface area contributed by atoms with Crippen molar-refractivity contribution in [3.05, 3.63) is 96.9 Å². The molecular formula is C23H21ClN4O2S. The van der Waals surface area contributed by atoms with E-state index in [0.717, 1.165) is 16.8 Å². The van der Waals surface area contributed by atoms with E-state index in [1.807, 2.05) is 56.3 Å². The van der Waals surface area contributed by atoms with Crippen molar-refractivity contribution >= 4 is 34.5 Å². The third-order valence-electron chi connectivity index (χ3n) is 4.98. The van der Waals surface area contributed by atoms with Crippen molar-refractivity contribution in [2.45, 2.75) is 27.2 Å². The number of nitrogens with one attached hydrogen (secondary N) is 2. The number of H-pyrrole nitrogens is 1. The minimum absolute atomic E-state index is 0.197. The largest absolute Gasteiger partial charge is 0.321 e. The molecular weight excluding hydrogens is 432 g/mol. The molecule has 0 aliphatic rings. The van der Waals surface area contributed by atoms with Gasteiger partial charge in [0.2, 0.25) is 5.13 Å². The van der Waals surface area contributed by atoms with E-state index in [9.17, 15) is 9.59 Å². The summed E-state index contributed by atoms with van der Waals surface area (Å²) in [4.78, 5) is 30.8. The van der Waals surface area contributed by atoms with E-state index in [2.05, 4.69) is 15.4 Å². The predicted octanol–water partition coefficient (Wildman–Crippen LogP) is 5.04. The summed E-state index contributed by atoms with van der Waals surface area (Å²) in [6.07, 6.45) is 0.416. The Hall–Kier alpha value is -3.16. The van der Waals surface area contributed by atoms with Gasteiger partial charge in [0.25, 0.3) is 11.5 Å². The molecule has 0 unspecified atom stereocenters. The van der Waals surface area contributed by atoms with E-state index in [1.54, 1.807) is 13.0 Å². The number of anilines is 1. The summed E-state index contributed by atoms with van der Waals surface area (Å²) in [5.41, 5.74) is 4.38. The molecule has 2 N–H and O–H groups in total. The molecule has 0 fully saturated rings. The van der Waals surface area contributed by atoms with Crippen LogP contribution >= 0.6 is 22.9 Å². The molecule has 0 atom stereocenters. The van der Waals surface area contributed by atoms with Gasteiger partial charge in [0.05, 0.1) is 5.69 Å². The van der Waals surface area contributed by atoms with Crippen LogP contribution in [0.1, 0.15) is 37.7 Å². The summed E-state index contributed by atoms with van der Waals surface area (Å²) in [6, 6.07) is 15.0. The fraction of sp³-hybridized carbons (Fsp3) is 0.174. The maximum Gasteiger partial charge on any atom is 0.277 e. The smallest absolute Gasteiger partial charge is 0.277 e. The number of carbonyl (C=O) groups is 1. The van der Waals surface area contributed by atoms with Gasteiger partial charge >= 0.3 is 0 Å². The number of amides is 1. The maximum atomic E-state index is 13.1. The van der Waals surface area contributed by atoms with E-state index < -0.39 is 0 Å². The number of halogens is 1. The van der Waals surface area contributed by atoms with Gasteiger partial charge in [0.1, 0.15) is 4.88 Å². The van der Waals surface area contributed by atoms with E-state index >= 15 is 0 Å². The van der Waals surface area contributed by atoms with Gasteiger partial charge in [0.15, 0.2) is 0 Å². The zero-order chi connectivity index (χ0) is 22.1. The van der Waals surface area contributed by atoms with E-state index in [4.69, 9.17) is 11.6 Å². The van der Waals surface area contributed by atoms with E-state index in [0.29, 0.717) is 38.4 Å². The molecule has 0 bridgehead atoms. The molecule has 1 amide bonds. The Kier molecular flexibility index (Phi) is 5.80. The average Bonchev–Trinajstić information content (AvgIpc) is 3.24. The van der Waals surface area contributed by atoms with Crippen molar-refractivity contribution < 1.29 is 4.79 Å². The topological polar surface area (TPSA) is 79.8 Å². The molecule has 0 spiro atoms. The highest BCUT2D eigenvalue weighted by Gasteiger charge is 2.20. The lowest BCUT2D eigenvalue weighted by molar-refractivity contribution is 0.103. The third kappa shape index (κ3) is 4.33. The quantitative estimate of drug-likeness (QED) is 0.445. The van der Waals surface area contributed by atoms with Crippen molar-refractivity contribution in [3.8, 4) is 5.13 Å². The van der Waals surface area contributed by atoms with E-state index in [-0.39, 0.29) is 11.5 Å². The van der Waals surface area contributed by atoms with Crippen LogP contribution in [0.25, 0.3) is 5.13 Å². The van der Waals surface area contributed by atoms with Crippen molar-refractivity contribution in [3.63, 3.8) is 0 Å². The van der Waals surface area contributed by atoms with Gasteiger partial charge in [-0.3, -0.25) is 14.7 Å². The lowest BCUT2D eigenvalue weighted by Crippen LogP contribution is -2.17. The fourth-order valence-corrected chi connectivity index (χ4v) is 4.48. The Morgan fingerprint density at radius 2 is 1.94 bits per heavy atom. The summed E-state index contributed by atoms with van der Waals surface area (Å²) < 4.78 is 1.39. The van der Waals surface area contributed by atoms with Gasteiger partial charge in [0, 0.05) is 28.4 Å². The number of nitrogens with zero attached hydrogens (tertiary/aromatic N) is 2. The minimum atomic E-state index is -0.250. The lowest BCUT2D eigenvalue weighted by atomic mass is 10.1. The van der Waals surface area contributed by atoms with Gasteiger partial charge in [-0.2, -0.15) is 4.68 Å². The number of aromatic amines is 1. The monoisotopic (exact) mass is 452 g/mol. The Balaban J connectivity index is 1.63. The van der Waals surface area contributed by atoms with Gasteiger partial charge in [-0.15, -0.1) is 0 Å². The van der Waals surface area contributed by atoms with Gasteiger partial charge in [-0.05, 0) is 50.1 Å². The number of rotatable bonds is 5. The molecule has 0 aliphatic carbocycles. The molecule has 0 saturated heterocycles. The summed E-state index contributed by atoms with van der Waals surface area (Å²) in [5.74, 6) is -0.250. The van der Waals surface area contributed by atoms with Crippen molar-refractivity contribution in [2.24, 2.45) is 0 Å². The zero-order valence-electron chi connectivity index (χ0n) is 17.3. The number of aryl methyl sites for hydroxylation is 3. The highest BCUT2D eigenvalue weighted by atomic mass is 35.5. The molecule has 2 aromatic carbocycles. The summed E-state index contributed by atoms with van der Waals surface area (Å²) >= 11 is 7.44. The highest BCUT2D eigenvalue weighted by Crippen LogP contribution is 2.24. The number of carbonyl (C=O) groups excluding carboxylic acids is 1. The highest BCUT2D eigenvalue weighted by molar-refractivity contribution is 7.16. The molecule has 0 saturated carbocycles. The fourth-order valence-electron chi connectivity index (χ4n) is 3.36. The van der Waals surface area contributed by atoms with Crippen LogP contribution in [-0.4, -0.2) is 20.7 Å². The summed E-state index contributed by atoms with van der Waals surface area (Å²) in [5, 5.41) is 7.02. The predicted molar refractivity (Wildman–Crippen MR) is 125 cm³/mol. The van der Waals surface area contributed by atoms with Crippen LogP contribution in [-0.2, 0) is 6.42 Å². The van der Waals surface area contributed by atoms with Crippen molar-refractivity contribution in [1.82, 2.24) is 14.8 Å². The normalized spacial score (nSPS) is 11.0. The molecule has 6 nitrogen and oxygen atoms in total. The molecule has 2 aromatic heterocycles. The van der Waals surface area contributed by atoms with Crippen LogP contribution in [0.5, 0.6) is 0 Å². The molecule has 2 heterocycles. The molecule has 158 valence electrons. The first-order valence-corrected chi connectivity index (χ1v) is 10.9. The van der Waals surface area contributed by atoms with Crippen molar-refractivity contribution in [1.29, 1.82) is 0 Å². The Morgan fingerprint density at radius 1 is 1.16 bits per heavy atom. The first-order chi connectivity index (χ1) is 14.8. The van der Waals surface area contributed by atoms with Crippen LogP contribution in [0.2, 0.25) is 5.02 Å². The molecule has 4 aromatic rings. The lowest BCUT2D eigenvalue weighted by Gasteiger charge is -2.04. The summed E-state index contributed by atoms with van der Waals surface area (Å²) in [7, 11) is 0. The van der Waals surface area contributed by atoms with Gasteiger partial charge in [-0.25, -0.2) is 4.98 Å². The number of aromatic nitrogens is 3. The standard InChI is InChI=1S/C23H21ClN4O2S/c1-13-7-6-9-17(11-13)26-21(29)20-15(3)25-23(31-20)28-22(30)18(14(2)27-28)12-16-8-4-5-10-19(16)24/h4-11,27H,12H2,1-3H3,(H,26,29). The Labute approximate surface area is 188 Å². The van der Waals surface area contributed by atoms with Gasteiger partial charge < -0.3 is 5.32 Å². The van der Waals surface area contributed by atoms with Crippen LogP contribution in [0.15, 0.2) is 53.3 Å². The van der Waals surface area contributed by atoms with E-state index in [1.165, 1.54) is 16.0 Å². The molecule has 4 rings (SSSR count). The third-order valence-corrected chi connectivity index (χ3v) is 6.49. The first-order valence-electron chi connectivity index (χ1n) is 9.73. The minimum Gasteiger partial charge on any atom is -0.321 e. The van der Waals surface area contributed by atoms with Crippen molar-refractivity contribution in [2.75, 3.05) is 5.32 Å². The zero-order valence-corrected chi connectivity index (χ0v) is 18.9. The van der Waals surface area contributed by atoms with Gasteiger partial charge in [-0.1, -0.05) is 53.3 Å². The Morgan fingerprint density at radius 3 is 2.68 bits per heavy atom. The number of hydrogen-bond donors (Lipinski definition) is 2. The summed E-state index contributed by atoms with van der Waals surface area (Å²) in [6.45, 7) is 5.57. The first kappa shape index (κ1) is 21.1. The molecule has 8 heteroatoms. The van der Waals surface area contributed by atoms with Crippen LogP contribution in [0.3, 0.4) is 0 Å². The van der Waals surface area contributed by atoms with Crippen LogP contribution in [0.4, 0.5) is 5.69 Å². The van der Waals surface area contributed by atoms with Crippen LogP contribution < -0.4 is 10.9 Å². The number of hydrogen-bond acceptors (Lipinski definition) is 4. The second-order valence-corrected chi connectivity index (χ2v) is 8.74. The SMILES string of the molecule is Cc1cccc(NC(=O)c2sc(-n3[nH]c(C)c(Cc4ccccc4Cl)c3=O)nc2C)c1. The number of thiazole rings is 1. The maximum absolute atomic E-state index is 13.1. The second kappa shape index (κ2) is 8.53. The van der Waals surface area contributed by atoms with Crippen LogP contribution in [0, 0.1) is 20.8 Å². The molecule has 0 radical (unpaired) electrons. The molecule has 0 aliphatic heterocycles. The number of benzene rings is 2. The average molecular weight is 453 g/mol. The molecule has 31 heavy (non-hydrogen) atoms.